The number of nitrogens with one attached hydrogen (secondary N) is 1. The Kier molecular flexibility index (Phi) is 4.06. The molecule has 0 aromatic heterocycles. The molecule has 0 aromatic rings. The van der Waals surface area contributed by atoms with E-state index in [1.54, 1.807) is 0 Å². The predicted molar refractivity (Wildman–Crippen MR) is 78.0 cm³/mol. The van der Waals surface area contributed by atoms with E-state index in [4.69, 9.17) is 0 Å². The van der Waals surface area contributed by atoms with Gasteiger partial charge in [0.05, 0.1) is 5.92 Å². The minimum atomic E-state index is -0.747. The summed E-state index contributed by atoms with van der Waals surface area (Å²) in [4.78, 5) is 28.0. The van der Waals surface area contributed by atoms with Gasteiger partial charge in [-0.25, -0.2) is 4.79 Å². The molecule has 1 heterocycles. The minimum Gasteiger partial charge on any atom is -0.481 e. The van der Waals surface area contributed by atoms with Crippen LogP contribution in [-0.4, -0.2) is 65.7 Å². The number of hydrogen-bond acceptors (Lipinski definition) is 3. The van der Waals surface area contributed by atoms with Crippen molar-refractivity contribution in [3.05, 3.63) is 0 Å². The normalized spacial score (nSPS) is 36.0. The van der Waals surface area contributed by atoms with Crippen LogP contribution in [0.5, 0.6) is 0 Å². The maximum absolute atomic E-state index is 12.4. The first kappa shape index (κ1) is 14.6. The maximum atomic E-state index is 12.4. The Hall–Kier alpha value is -1.30. The average Bonchev–Trinajstić information content (AvgIpc) is 3.08. The van der Waals surface area contributed by atoms with E-state index in [0.717, 1.165) is 52.0 Å². The molecule has 0 aromatic carbocycles. The minimum absolute atomic E-state index is 0.0745. The third-order valence-electron chi connectivity index (χ3n) is 5.60. The van der Waals surface area contributed by atoms with Crippen molar-refractivity contribution in [1.29, 1.82) is 0 Å². The Morgan fingerprint density at radius 2 is 1.81 bits per heavy atom. The molecular formula is C15H25N3O3. The number of amides is 2. The highest BCUT2D eigenvalue weighted by Gasteiger charge is 2.51. The predicted octanol–water partition coefficient (Wildman–Crippen LogP) is 0.833. The van der Waals surface area contributed by atoms with E-state index in [-0.39, 0.29) is 23.9 Å². The van der Waals surface area contributed by atoms with Crippen molar-refractivity contribution in [3.8, 4) is 0 Å². The number of rotatable bonds is 3. The standard InChI is InChI=1S/C15H25N3O3/c1-2-17-5-7-18(8-6-17)15(21)16-13-11-4-3-10(9-11)12(13)14(19)20/h10-13H,2-9H2,1H3,(H,16,21)(H,19,20). The third-order valence-corrected chi connectivity index (χ3v) is 5.60. The number of hydrogen-bond donors (Lipinski definition) is 2. The van der Waals surface area contributed by atoms with Crippen molar-refractivity contribution >= 4 is 12.0 Å². The third kappa shape index (κ3) is 2.73. The first-order chi connectivity index (χ1) is 10.1. The van der Waals surface area contributed by atoms with Crippen LogP contribution in [-0.2, 0) is 4.79 Å². The quantitative estimate of drug-likeness (QED) is 0.809. The van der Waals surface area contributed by atoms with E-state index in [2.05, 4.69) is 17.1 Å². The first-order valence-electron chi connectivity index (χ1n) is 8.10. The smallest absolute Gasteiger partial charge is 0.317 e. The highest BCUT2D eigenvalue weighted by atomic mass is 16.4. The second-order valence-corrected chi connectivity index (χ2v) is 6.59. The van der Waals surface area contributed by atoms with Crippen LogP contribution < -0.4 is 5.32 Å². The van der Waals surface area contributed by atoms with E-state index in [1.165, 1.54) is 0 Å². The second kappa shape index (κ2) is 5.83. The highest BCUT2D eigenvalue weighted by molar-refractivity contribution is 5.77. The monoisotopic (exact) mass is 295 g/mol. The lowest BCUT2D eigenvalue weighted by Gasteiger charge is -2.36. The number of aliphatic carboxylic acids is 1. The second-order valence-electron chi connectivity index (χ2n) is 6.59. The Labute approximate surface area is 125 Å². The molecule has 0 spiro atoms. The average molecular weight is 295 g/mol. The van der Waals surface area contributed by atoms with E-state index in [0.29, 0.717) is 5.92 Å². The lowest BCUT2D eigenvalue weighted by atomic mass is 9.84. The van der Waals surface area contributed by atoms with Gasteiger partial charge in [0.25, 0.3) is 0 Å². The maximum Gasteiger partial charge on any atom is 0.317 e. The molecule has 2 saturated carbocycles. The molecule has 1 saturated heterocycles. The number of carboxylic acids is 1. The van der Waals surface area contributed by atoms with E-state index < -0.39 is 5.97 Å². The molecule has 118 valence electrons. The molecule has 0 radical (unpaired) electrons. The van der Waals surface area contributed by atoms with Crippen LogP contribution >= 0.6 is 0 Å². The zero-order valence-electron chi connectivity index (χ0n) is 12.6. The SMILES string of the molecule is CCN1CCN(C(=O)NC2C3CCC(C3)C2C(=O)O)CC1. The van der Waals surface area contributed by atoms with Gasteiger partial charge in [-0.2, -0.15) is 0 Å². The summed E-state index contributed by atoms with van der Waals surface area (Å²) in [5, 5.41) is 12.5. The molecular weight excluding hydrogens is 270 g/mol. The molecule has 6 heteroatoms. The lowest BCUT2D eigenvalue weighted by molar-refractivity contribution is -0.144. The Morgan fingerprint density at radius 1 is 1.14 bits per heavy atom. The summed E-state index contributed by atoms with van der Waals surface area (Å²) in [5.41, 5.74) is 0. The summed E-state index contributed by atoms with van der Waals surface area (Å²) in [6, 6.07) is -0.243. The number of likely N-dealkylation sites (N-methyl/N-ethyl adjacent to an activating group) is 1. The number of carbonyl (C=O) groups is 2. The molecule has 2 bridgehead atoms. The van der Waals surface area contributed by atoms with Gasteiger partial charge in [0.15, 0.2) is 0 Å². The topological polar surface area (TPSA) is 72.9 Å². The number of urea groups is 1. The van der Waals surface area contributed by atoms with Crippen LogP contribution in [0.1, 0.15) is 26.2 Å². The zero-order valence-corrected chi connectivity index (χ0v) is 12.6. The van der Waals surface area contributed by atoms with Gasteiger partial charge >= 0.3 is 12.0 Å². The van der Waals surface area contributed by atoms with Crippen molar-refractivity contribution < 1.29 is 14.7 Å². The molecule has 2 amide bonds. The number of carboxylic acid groups (broad SMARTS) is 1. The van der Waals surface area contributed by atoms with Crippen LogP contribution in [0.2, 0.25) is 0 Å². The molecule has 4 unspecified atom stereocenters. The summed E-state index contributed by atoms with van der Waals surface area (Å²) < 4.78 is 0. The molecule has 21 heavy (non-hydrogen) atoms. The number of fused-ring (bicyclic) bond motifs is 2. The van der Waals surface area contributed by atoms with Crippen molar-refractivity contribution in [2.24, 2.45) is 17.8 Å². The van der Waals surface area contributed by atoms with Crippen molar-refractivity contribution in [2.75, 3.05) is 32.7 Å². The molecule has 3 aliphatic rings. The summed E-state index contributed by atoms with van der Waals surface area (Å²) >= 11 is 0. The molecule has 2 aliphatic carbocycles. The Morgan fingerprint density at radius 3 is 2.43 bits per heavy atom. The molecule has 1 aliphatic heterocycles. The van der Waals surface area contributed by atoms with Gasteiger partial charge in [0, 0.05) is 32.2 Å². The first-order valence-corrected chi connectivity index (χ1v) is 8.10. The van der Waals surface area contributed by atoms with Gasteiger partial charge < -0.3 is 20.2 Å². The number of piperazine rings is 1. The van der Waals surface area contributed by atoms with Crippen LogP contribution in [0, 0.1) is 17.8 Å². The number of carbonyl (C=O) groups excluding carboxylic acids is 1. The molecule has 3 fully saturated rings. The van der Waals surface area contributed by atoms with Gasteiger partial charge in [0.2, 0.25) is 0 Å². The molecule has 4 atom stereocenters. The molecule has 6 nitrogen and oxygen atoms in total. The van der Waals surface area contributed by atoms with Crippen molar-refractivity contribution in [3.63, 3.8) is 0 Å². The fraction of sp³-hybridized carbons (Fsp3) is 0.867. The van der Waals surface area contributed by atoms with Gasteiger partial charge in [-0.3, -0.25) is 4.79 Å². The summed E-state index contributed by atoms with van der Waals surface area (Å²) in [5.74, 6) is -0.514. The summed E-state index contributed by atoms with van der Waals surface area (Å²) in [6.45, 7) is 6.42. The lowest BCUT2D eigenvalue weighted by Crippen LogP contribution is -2.56. The fourth-order valence-corrected chi connectivity index (χ4v) is 4.36. The van der Waals surface area contributed by atoms with Gasteiger partial charge in [-0.15, -0.1) is 0 Å². The summed E-state index contributed by atoms with van der Waals surface area (Å²) in [6.07, 6.45) is 3.03. The van der Waals surface area contributed by atoms with Crippen LogP contribution in [0.3, 0.4) is 0 Å². The van der Waals surface area contributed by atoms with Crippen molar-refractivity contribution in [1.82, 2.24) is 15.1 Å². The fourth-order valence-electron chi connectivity index (χ4n) is 4.36. The largest absolute Gasteiger partial charge is 0.481 e. The van der Waals surface area contributed by atoms with Gasteiger partial charge in [-0.05, 0) is 37.6 Å². The van der Waals surface area contributed by atoms with E-state index in [1.807, 2.05) is 4.90 Å². The Balaban J connectivity index is 1.58. The summed E-state index contributed by atoms with van der Waals surface area (Å²) in [7, 11) is 0. The zero-order chi connectivity index (χ0) is 15.0. The molecule has 2 N–H and O–H groups in total. The van der Waals surface area contributed by atoms with E-state index in [9.17, 15) is 14.7 Å². The van der Waals surface area contributed by atoms with Crippen LogP contribution in [0.4, 0.5) is 4.79 Å². The number of nitrogens with zero attached hydrogens (tertiary/aromatic N) is 2. The van der Waals surface area contributed by atoms with Crippen molar-refractivity contribution in [2.45, 2.75) is 32.2 Å². The molecule has 3 rings (SSSR count). The van der Waals surface area contributed by atoms with Crippen LogP contribution in [0.25, 0.3) is 0 Å². The van der Waals surface area contributed by atoms with Gasteiger partial charge in [0.1, 0.15) is 0 Å². The Bertz CT molecular complexity index is 420. The van der Waals surface area contributed by atoms with Gasteiger partial charge in [-0.1, -0.05) is 6.92 Å². The van der Waals surface area contributed by atoms with E-state index >= 15 is 0 Å². The van der Waals surface area contributed by atoms with Crippen LogP contribution in [0.15, 0.2) is 0 Å². The highest BCUT2D eigenvalue weighted by Crippen LogP contribution is 2.48.